The normalized spacial score (nSPS) is 11.3. The van der Waals surface area contributed by atoms with Crippen LogP contribution in [0.15, 0.2) is 78.9 Å². The molecule has 0 saturated heterocycles. The molecule has 4 aromatic carbocycles. The molecular weight excluding hydrogens is 485 g/mol. The molecule has 0 unspecified atom stereocenters. The van der Waals surface area contributed by atoms with Gasteiger partial charge in [0, 0.05) is 22.7 Å². The van der Waals surface area contributed by atoms with Crippen LogP contribution in [0.4, 0.5) is 24.5 Å². The summed E-state index contributed by atoms with van der Waals surface area (Å²) in [4.78, 5) is 23.6. The highest BCUT2D eigenvalue weighted by molar-refractivity contribution is 6.32. The van der Waals surface area contributed by atoms with Gasteiger partial charge in [-0.25, -0.2) is 0 Å². The van der Waals surface area contributed by atoms with Crippen molar-refractivity contribution < 1.29 is 27.6 Å². The van der Waals surface area contributed by atoms with Crippen LogP contribution in [0.2, 0.25) is 5.02 Å². The molecule has 6 nitrogen and oxygen atoms in total. The van der Waals surface area contributed by atoms with Crippen molar-refractivity contribution in [2.45, 2.75) is 12.6 Å². The van der Waals surface area contributed by atoms with E-state index >= 15 is 0 Å². The predicted molar refractivity (Wildman–Crippen MR) is 126 cm³/mol. The molecule has 4 aromatic rings. The summed E-state index contributed by atoms with van der Waals surface area (Å²) in [5.74, 6) is -0.487. The summed E-state index contributed by atoms with van der Waals surface area (Å²) in [6.45, 7) is 0. The molecule has 0 atom stereocenters. The molecule has 1 amide bonds. The lowest BCUT2D eigenvalue weighted by Gasteiger charge is -2.12. The minimum Gasteiger partial charge on any atom is -0.456 e. The maximum absolute atomic E-state index is 12.9. The van der Waals surface area contributed by atoms with Gasteiger partial charge >= 0.3 is 6.18 Å². The zero-order chi connectivity index (χ0) is 25.2. The van der Waals surface area contributed by atoms with Crippen molar-refractivity contribution in [3.8, 4) is 11.5 Å². The predicted octanol–water partition coefficient (Wildman–Crippen LogP) is 7.39. The molecule has 0 aliphatic rings. The molecule has 0 aromatic heterocycles. The van der Waals surface area contributed by atoms with E-state index in [0.717, 1.165) is 35.0 Å². The Morgan fingerprint density at radius 3 is 2.46 bits per heavy atom. The number of amides is 1. The van der Waals surface area contributed by atoms with Crippen molar-refractivity contribution in [2.75, 3.05) is 5.32 Å². The number of nitrogens with one attached hydrogen (secondary N) is 1. The number of carbonyl (C=O) groups excluding carboxylic acids is 1. The molecule has 0 saturated carbocycles. The summed E-state index contributed by atoms with van der Waals surface area (Å²) in [6.07, 6.45) is -4.91. The molecule has 0 heterocycles. The Bertz CT molecular complexity index is 1430. The molecular formula is C25H16ClF3N2O4. The Morgan fingerprint density at radius 2 is 1.74 bits per heavy atom. The zero-order valence-corrected chi connectivity index (χ0v) is 18.6. The molecule has 1 N–H and O–H groups in total. The maximum atomic E-state index is 12.9. The van der Waals surface area contributed by atoms with Gasteiger partial charge in [0.15, 0.2) is 0 Å². The van der Waals surface area contributed by atoms with Gasteiger partial charge in [0.1, 0.15) is 11.5 Å². The molecule has 0 aliphatic carbocycles. The zero-order valence-electron chi connectivity index (χ0n) is 17.8. The Labute approximate surface area is 202 Å². The minimum atomic E-state index is -4.57. The molecule has 0 spiro atoms. The van der Waals surface area contributed by atoms with Crippen molar-refractivity contribution in [3.63, 3.8) is 0 Å². The smallest absolute Gasteiger partial charge is 0.416 e. The fraction of sp³-hybridized carbons (Fsp3) is 0.0800. The van der Waals surface area contributed by atoms with Gasteiger partial charge < -0.3 is 10.1 Å². The monoisotopic (exact) mass is 500 g/mol. The molecule has 0 bridgehead atoms. The van der Waals surface area contributed by atoms with E-state index in [2.05, 4.69) is 5.32 Å². The van der Waals surface area contributed by atoms with Gasteiger partial charge in [0.2, 0.25) is 5.91 Å². The number of hydrogen-bond donors (Lipinski definition) is 1. The average Bonchev–Trinajstić information content (AvgIpc) is 2.80. The number of anilines is 1. The highest BCUT2D eigenvalue weighted by atomic mass is 35.5. The minimum absolute atomic E-state index is 0.0632. The lowest BCUT2D eigenvalue weighted by molar-refractivity contribution is -0.385. The van der Waals surface area contributed by atoms with E-state index in [1.165, 1.54) is 12.1 Å². The van der Waals surface area contributed by atoms with Crippen LogP contribution in [0.3, 0.4) is 0 Å². The summed E-state index contributed by atoms with van der Waals surface area (Å²) in [7, 11) is 0. The first-order chi connectivity index (χ1) is 16.6. The SMILES string of the molecule is O=C(Cc1cc(Oc2ccc(C(F)(F)F)cc2Cl)ccc1[N+](=O)[O-])Nc1cccc2ccccc12. The number of carbonyl (C=O) groups is 1. The van der Waals surface area contributed by atoms with Crippen LogP contribution in [0.25, 0.3) is 10.8 Å². The van der Waals surface area contributed by atoms with Crippen molar-refractivity contribution in [3.05, 3.63) is 105 Å². The van der Waals surface area contributed by atoms with Gasteiger partial charge in [-0.1, -0.05) is 48.0 Å². The Morgan fingerprint density at radius 1 is 1.00 bits per heavy atom. The highest BCUT2D eigenvalue weighted by Crippen LogP contribution is 2.37. The summed E-state index contributed by atoms with van der Waals surface area (Å²) in [5, 5.41) is 15.7. The van der Waals surface area contributed by atoms with Crippen molar-refractivity contribution >= 4 is 39.7 Å². The number of rotatable bonds is 6. The van der Waals surface area contributed by atoms with Gasteiger partial charge in [-0.3, -0.25) is 14.9 Å². The van der Waals surface area contributed by atoms with Crippen molar-refractivity contribution in [1.29, 1.82) is 0 Å². The standard InChI is InChI=1S/C25H16ClF3N2O4/c26-20-14-17(25(27,28)29)8-11-23(20)35-18-9-10-22(31(33)34)16(12-18)13-24(32)30-21-7-3-5-15-4-1-2-6-19(15)21/h1-12,14H,13H2,(H,30,32). The van der Waals surface area contributed by atoms with Crippen LogP contribution >= 0.6 is 11.6 Å². The number of benzene rings is 4. The molecule has 10 heteroatoms. The third-order valence-electron chi connectivity index (χ3n) is 5.15. The molecule has 0 fully saturated rings. The third-order valence-corrected chi connectivity index (χ3v) is 5.44. The molecule has 178 valence electrons. The first kappa shape index (κ1) is 24.0. The van der Waals surface area contributed by atoms with E-state index in [9.17, 15) is 28.1 Å². The number of ether oxygens (including phenoxy) is 1. The summed E-state index contributed by atoms with van der Waals surface area (Å²) in [6, 6.07) is 19.1. The lowest BCUT2D eigenvalue weighted by Crippen LogP contribution is -2.15. The topological polar surface area (TPSA) is 81.5 Å². The fourth-order valence-corrected chi connectivity index (χ4v) is 3.75. The number of halogens is 4. The van der Waals surface area contributed by atoms with E-state index in [1.54, 1.807) is 12.1 Å². The summed E-state index contributed by atoms with van der Waals surface area (Å²) >= 11 is 5.93. The maximum Gasteiger partial charge on any atom is 0.416 e. The number of alkyl halides is 3. The van der Waals surface area contributed by atoms with Crippen molar-refractivity contribution in [1.82, 2.24) is 0 Å². The first-order valence-electron chi connectivity index (χ1n) is 10.2. The van der Waals surface area contributed by atoms with E-state index in [4.69, 9.17) is 16.3 Å². The number of nitrogens with zero attached hydrogens (tertiary/aromatic N) is 1. The Balaban J connectivity index is 1.58. The van der Waals surface area contributed by atoms with E-state index in [-0.39, 0.29) is 34.2 Å². The quantitative estimate of drug-likeness (QED) is 0.221. The molecule has 0 radical (unpaired) electrons. The summed E-state index contributed by atoms with van der Waals surface area (Å²) < 4.78 is 44.1. The third kappa shape index (κ3) is 5.52. The number of nitro groups is 1. The molecule has 0 aliphatic heterocycles. The Kier molecular flexibility index (Phi) is 6.61. The average molecular weight is 501 g/mol. The van der Waals surface area contributed by atoms with Gasteiger partial charge in [0.25, 0.3) is 5.69 Å². The summed E-state index contributed by atoms with van der Waals surface area (Å²) in [5.41, 5.74) is -0.624. The van der Waals surface area contributed by atoms with Crippen LogP contribution in [0.5, 0.6) is 11.5 Å². The second-order valence-electron chi connectivity index (χ2n) is 7.54. The van der Waals surface area contributed by atoms with Crippen LogP contribution in [-0.2, 0) is 17.4 Å². The number of nitro benzene ring substituents is 1. The highest BCUT2D eigenvalue weighted by Gasteiger charge is 2.31. The van der Waals surface area contributed by atoms with Gasteiger partial charge in [-0.05, 0) is 41.8 Å². The Hall–Kier alpha value is -4.11. The van der Waals surface area contributed by atoms with Gasteiger partial charge in [0.05, 0.1) is 21.9 Å². The lowest BCUT2D eigenvalue weighted by atomic mass is 10.1. The van der Waals surface area contributed by atoms with E-state index in [1.807, 2.05) is 30.3 Å². The fourth-order valence-electron chi connectivity index (χ4n) is 3.53. The van der Waals surface area contributed by atoms with Gasteiger partial charge in [-0.2, -0.15) is 13.2 Å². The van der Waals surface area contributed by atoms with Crippen LogP contribution < -0.4 is 10.1 Å². The number of fused-ring (bicyclic) bond motifs is 1. The van der Waals surface area contributed by atoms with Crippen LogP contribution in [0.1, 0.15) is 11.1 Å². The first-order valence-corrected chi connectivity index (χ1v) is 10.6. The number of hydrogen-bond acceptors (Lipinski definition) is 4. The van der Waals surface area contributed by atoms with Crippen LogP contribution in [-0.4, -0.2) is 10.8 Å². The van der Waals surface area contributed by atoms with E-state index < -0.39 is 22.6 Å². The van der Waals surface area contributed by atoms with Crippen molar-refractivity contribution in [2.24, 2.45) is 0 Å². The van der Waals surface area contributed by atoms with Crippen LogP contribution in [0, 0.1) is 10.1 Å². The second kappa shape index (κ2) is 9.63. The second-order valence-corrected chi connectivity index (χ2v) is 7.95. The van der Waals surface area contributed by atoms with Gasteiger partial charge in [-0.15, -0.1) is 0 Å². The molecule has 35 heavy (non-hydrogen) atoms. The van der Waals surface area contributed by atoms with E-state index in [0.29, 0.717) is 5.69 Å². The largest absolute Gasteiger partial charge is 0.456 e. The molecule has 4 rings (SSSR count).